The first-order valence-corrected chi connectivity index (χ1v) is 42.4. The van der Waals surface area contributed by atoms with Crippen LogP contribution < -0.4 is 16.0 Å². The molecule has 33 heteroatoms. The average Bonchev–Trinajstić information content (AvgIpc) is 1.84. The quantitative estimate of drug-likeness (QED) is 0.00471. The molecule has 0 bridgehead atoms. The lowest BCUT2D eigenvalue weighted by molar-refractivity contribution is -0.107. The first-order chi connectivity index (χ1) is 55.5. The molecular formula is C85H91BrCl3N13O13S2Si. The molecule has 0 saturated carbocycles. The summed E-state index contributed by atoms with van der Waals surface area (Å²) in [5, 5.41) is 44.4. The van der Waals surface area contributed by atoms with Crippen LogP contribution in [-0.2, 0) is 31.8 Å². The Kier molecular flexibility index (Phi) is 45.9. The lowest BCUT2D eigenvalue weighted by Crippen LogP contribution is -2.34. The zero-order chi connectivity index (χ0) is 88.6. The van der Waals surface area contributed by atoms with E-state index in [1.807, 2.05) is 86.9 Å². The molecule has 0 saturated heterocycles. The number of ether oxygens (including phenoxy) is 3. The standard InChI is InChI=1S/C19H18ClN3O2S.C17H11ClN2O2S.C12H13NSi.C9H5N.C7H4BrN.C7H13ClN2O3.C7H14N2O3.C7H13NO3/c1-23(2)19(21)13-5-3-12(4-6-13)16-11-14(22-25-16)7-8-15(24)17-9-10-18(20)26-17;1-19-12-4-2-11(3-5-12)15-10-13(20-22-15)6-7-14(21)16-8-9-17(18)23-16;1-13-12-7-5-11(6-8-12)9-10-14(2,3)4;1-3-8-4-6-9(10-2)7-5-8;1-9-7-4-2-6(8)3-5-7;1-7(2,3)13-6(11)9-4-5(8)10-12;1-7(2,3)12-6(10)8-4-5-9-11;1-7(2,3)11-6(10)8-4-5-9/h3-6,9-11,21H,7-8H2,1-2H3;2-5,8-10H,6-7H2;5-8H,2-4H3;1,4-7H;2-5H;12H,4H2,1-3H3,(H,9,11);5,11H,4H2,1-3H3,(H,8,10);5H,4H2,1-3H3,(H,8,10)/b;;;;;10-5-;9-5+;. The molecule has 5 aromatic carbocycles. The number of alkyl carbamates (subject to hydrolysis) is 3. The minimum absolute atomic E-state index is 0.00505. The summed E-state index contributed by atoms with van der Waals surface area (Å²) in [7, 11) is 2.39. The highest BCUT2D eigenvalue weighted by molar-refractivity contribution is 9.10. The number of carbonyl (C=O) groups is 6. The number of aldehydes is 1. The maximum Gasteiger partial charge on any atom is 0.408 e. The molecule has 0 aliphatic carbocycles. The number of terminal acetylenes is 1. The van der Waals surface area contributed by atoms with Crippen molar-refractivity contribution in [3.8, 4) is 46.5 Å². The SMILES string of the molecule is CC(C)(C)OC(=O)NC/C(Cl)=N/O.CC(C)(C)OC(=O)NC/C=N/O.CC(C)(C)OC(=O)NCC=O.CN(C)C(=N)c1ccc(-c2cc(CCC(=O)c3ccc(Cl)s3)no2)cc1.[C-]#[N+]c1ccc(-c2cc(CCC(=O)c3ccc(Cl)s3)no2)cc1.[C-]#[N+]c1ccc(Br)cc1.[C-]#[N+]c1ccc(C#C)cc1.[C-]#[N+]c1ccc(C#C[Si](C)(C)C)cc1. The third-order valence-electron chi connectivity index (χ3n) is 13.3. The first-order valence-electron chi connectivity index (χ1n) is 35.3. The van der Waals surface area contributed by atoms with Gasteiger partial charge in [0.2, 0.25) is 0 Å². The van der Waals surface area contributed by atoms with Gasteiger partial charge in [-0.3, -0.25) is 15.0 Å². The van der Waals surface area contributed by atoms with E-state index < -0.39 is 43.2 Å². The van der Waals surface area contributed by atoms with E-state index in [4.69, 9.17) is 107 Å². The Morgan fingerprint density at radius 2 is 0.975 bits per heavy atom. The van der Waals surface area contributed by atoms with Crippen LogP contribution in [0.2, 0.25) is 28.3 Å². The van der Waals surface area contributed by atoms with Crippen molar-refractivity contribution in [2.75, 3.05) is 33.7 Å². The molecular weight excluding hydrogens is 1690 g/mol. The Bertz CT molecular complexity index is 5020. The average molecular weight is 1780 g/mol. The number of ketones is 2. The molecule has 3 amide bonds. The summed E-state index contributed by atoms with van der Waals surface area (Å²) in [4.78, 5) is 82.7. The van der Waals surface area contributed by atoms with Gasteiger partial charge in [-0.2, -0.15) is 0 Å². The van der Waals surface area contributed by atoms with Crippen LogP contribution in [0.4, 0.5) is 37.1 Å². The predicted molar refractivity (Wildman–Crippen MR) is 473 cm³/mol. The number of oxime groups is 2. The third-order valence-corrected chi connectivity index (χ3v) is 17.5. The fraction of sp³-hybridized carbons (Fsp3) is 0.282. The second kappa shape index (κ2) is 53.1. The van der Waals surface area contributed by atoms with Crippen molar-refractivity contribution in [1.29, 1.82) is 5.41 Å². The summed E-state index contributed by atoms with van der Waals surface area (Å²) < 4.78 is 27.5. The molecule has 618 valence electrons. The molecule has 26 nitrogen and oxygen atoms in total. The van der Waals surface area contributed by atoms with Crippen LogP contribution in [0.25, 0.3) is 42.0 Å². The molecule has 0 radical (unpaired) electrons. The number of carbonyl (C=O) groups excluding carboxylic acids is 6. The van der Waals surface area contributed by atoms with E-state index in [0.717, 1.165) is 49.9 Å². The Balaban J connectivity index is 0.000000472. The number of amidine groups is 1. The van der Waals surface area contributed by atoms with Crippen molar-refractivity contribution in [2.24, 2.45) is 10.3 Å². The van der Waals surface area contributed by atoms with E-state index in [2.05, 4.69) is 109 Å². The molecule has 118 heavy (non-hydrogen) atoms. The number of thiophene rings is 2. The highest BCUT2D eigenvalue weighted by Crippen LogP contribution is 2.28. The Morgan fingerprint density at radius 3 is 1.31 bits per heavy atom. The van der Waals surface area contributed by atoms with Crippen molar-refractivity contribution in [1.82, 2.24) is 31.2 Å². The maximum absolute atomic E-state index is 12.1. The highest BCUT2D eigenvalue weighted by atomic mass is 79.9. The van der Waals surface area contributed by atoms with Crippen LogP contribution in [0.1, 0.15) is 123 Å². The molecule has 4 heterocycles. The molecule has 0 aliphatic heterocycles. The van der Waals surface area contributed by atoms with Crippen LogP contribution in [0.3, 0.4) is 0 Å². The van der Waals surface area contributed by atoms with Crippen molar-refractivity contribution < 1.29 is 62.4 Å². The van der Waals surface area contributed by atoms with Crippen LogP contribution in [0.5, 0.6) is 0 Å². The van der Waals surface area contributed by atoms with Gasteiger partial charge >= 0.3 is 18.3 Å². The minimum atomic E-state index is -1.28. The van der Waals surface area contributed by atoms with Crippen LogP contribution in [-0.4, -0.2) is 138 Å². The number of rotatable bonds is 17. The number of hydrogen-bond acceptors (Lipinski definition) is 20. The van der Waals surface area contributed by atoms with Crippen LogP contribution in [0, 0.1) is 55.5 Å². The number of amides is 3. The predicted octanol–water partition coefficient (Wildman–Crippen LogP) is 22.1. The monoisotopic (exact) mass is 1780 g/mol. The summed E-state index contributed by atoms with van der Waals surface area (Å²) in [6.07, 6.45) is 6.93. The van der Waals surface area contributed by atoms with Gasteiger partial charge in [-0.15, -0.1) is 39.8 Å². The van der Waals surface area contributed by atoms with Crippen molar-refractivity contribution >= 4 is 158 Å². The molecule has 9 aromatic rings. The fourth-order valence-corrected chi connectivity index (χ4v) is 10.9. The van der Waals surface area contributed by atoms with Gasteiger partial charge in [0.25, 0.3) is 0 Å². The number of halogens is 4. The number of Topliss-reactive ketones (excluding diaryl/α,β-unsaturated/α-hetero) is 2. The topological polar surface area (TPSA) is 328 Å². The third kappa shape index (κ3) is 45.8. The van der Waals surface area contributed by atoms with Gasteiger partial charge in [0.1, 0.15) is 37.0 Å². The number of aryl methyl sites for hydroxylation is 2. The molecule has 0 unspecified atom stereocenters. The lowest BCUT2D eigenvalue weighted by atomic mass is 10.1. The summed E-state index contributed by atoms with van der Waals surface area (Å²) in [6, 6.07) is 46.9. The molecule has 4 aromatic heterocycles. The van der Waals surface area contributed by atoms with Gasteiger partial charge in [0.15, 0.2) is 51.0 Å². The zero-order valence-electron chi connectivity index (χ0n) is 67.4. The van der Waals surface area contributed by atoms with Gasteiger partial charge in [-0.1, -0.05) is 219 Å². The van der Waals surface area contributed by atoms with Crippen molar-refractivity contribution in [2.45, 2.75) is 124 Å². The zero-order valence-corrected chi connectivity index (χ0v) is 73.9. The molecule has 0 atom stereocenters. The van der Waals surface area contributed by atoms with E-state index in [1.165, 1.54) is 22.7 Å². The molecule has 9 rings (SSSR count). The first kappa shape index (κ1) is 102. The van der Waals surface area contributed by atoms with E-state index in [9.17, 15) is 28.8 Å². The van der Waals surface area contributed by atoms with Gasteiger partial charge < -0.3 is 59.3 Å². The summed E-state index contributed by atoms with van der Waals surface area (Å²) >= 11 is 22.9. The largest absolute Gasteiger partial charge is 0.444 e. The number of hydrogen-bond donors (Lipinski definition) is 6. The minimum Gasteiger partial charge on any atom is -0.444 e. The van der Waals surface area contributed by atoms with Crippen molar-refractivity contribution in [3.63, 3.8) is 0 Å². The number of nitrogens with zero attached hydrogens (tertiary/aromatic N) is 9. The van der Waals surface area contributed by atoms with Gasteiger partial charge in [0.05, 0.1) is 82.0 Å². The molecule has 6 N–H and O–H groups in total. The second-order valence-corrected chi connectivity index (χ2v) is 37.5. The van der Waals surface area contributed by atoms with E-state index >= 15 is 0 Å². The van der Waals surface area contributed by atoms with E-state index in [-0.39, 0.29) is 36.4 Å². The van der Waals surface area contributed by atoms with E-state index in [1.54, 1.807) is 152 Å². The van der Waals surface area contributed by atoms with Crippen LogP contribution >= 0.6 is 73.4 Å². The highest BCUT2D eigenvalue weighted by Gasteiger charge is 2.20. The Morgan fingerprint density at radius 1 is 0.602 bits per heavy atom. The summed E-state index contributed by atoms with van der Waals surface area (Å²) in [6.45, 7) is 49.6. The van der Waals surface area contributed by atoms with Crippen molar-refractivity contribution in [3.05, 3.63) is 254 Å². The van der Waals surface area contributed by atoms with Crippen LogP contribution in [0.15, 0.2) is 182 Å². The molecule has 0 spiro atoms. The molecule has 0 fully saturated rings. The van der Waals surface area contributed by atoms with Gasteiger partial charge in [-0.25, -0.2) is 33.8 Å². The summed E-state index contributed by atoms with van der Waals surface area (Å²) in [5.74, 6) is 7.44. The number of nitrogens with one attached hydrogen (secondary N) is 4. The number of aromatic nitrogens is 2. The summed E-state index contributed by atoms with van der Waals surface area (Å²) in [5.41, 5.74) is 10.1. The smallest absolute Gasteiger partial charge is 0.408 e. The van der Waals surface area contributed by atoms with Gasteiger partial charge in [0, 0.05) is 84.2 Å². The lowest BCUT2D eigenvalue weighted by Gasteiger charge is -2.19. The van der Waals surface area contributed by atoms with E-state index in [0.29, 0.717) is 90.5 Å². The maximum atomic E-state index is 12.1. The van der Waals surface area contributed by atoms with Gasteiger partial charge in [-0.05, 0) is 86.6 Å². The second-order valence-electron chi connectivity index (χ2n) is 28.0. The Hall–Kier alpha value is -12.2. The number of benzene rings is 5. The molecule has 0 aliphatic rings. The fourth-order valence-electron chi connectivity index (χ4n) is 7.98. The normalized spacial score (nSPS) is 10.4. The Labute approximate surface area is 720 Å².